The van der Waals surface area contributed by atoms with E-state index >= 15 is 0 Å². The highest BCUT2D eigenvalue weighted by atomic mass is 16.5. The minimum absolute atomic E-state index is 0.129. The van der Waals surface area contributed by atoms with E-state index in [1.807, 2.05) is 6.07 Å². The Morgan fingerprint density at radius 2 is 1.74 bits per heavy atom. The van der Waals surface area contributed by atoms with Crippen molar-refractivity contribution in [2.75, 3.05) is 40.5 Å². The molecule has 2 aromatic carbocycles. The van der Waals surface area contributed by atoms with Gasteiger partial charge in [-0.3, -0.25) is 4.90 Å². The lowest BCUT2D eigenvalue weighted by atomic mass is 9.94. The van der Waals surface area contributed by atoms with Gasteiger partial charge in [-0.25, -0.2) is 0 Å². The molecule has 5 heteroatoms. The summed E-state index contributed by atoms with van der Waals surface area (Å²) in [6.45, 7) is 5.47. The van der Waals surface area contributed by atoms with E-state index in [-0.39, 0.29) is 6.04 Å². The minimum atomic E-state index is 0.129. The van der Waals surface area contributed by atoms with Crippen molar-refractivity contribution in [2.45, 2.75) is 13.0 Å². The smallest absolute Gasteiger partial charge is 0.161 e. The molecule has 5 nitrogen and oxygen atoms in total. The number of rotatable bonds is 5. The van der Waals surface area contributed by atoms with E-state index in [0.29, 0.717) is 0 Å². The molecule has 0 amide bonds. The summed E-state index contributed by atoms with van der Waals surface area (Å²) in [6, 6.07) is 14.9. The van der Waals surface area contributed by atoms with Gasteiger partial charge in [0, 0.05) is 35.2 Å². The number of para-hydroxylation sites is 1. The summed E-state index contributed by atoms with van der Waals surface area (Å²) < 4.78 is 16.6. The van der Waals surface area contributed by atoms with Gasteiger partial charge in [0.05, 0.1) is 33.5 Å². The van der Waals surface area contributed by atoms with Gasteiger partial charge in [-0.1, -0.05) is 24.3 Å². The van der Waals surface area contributed by atoms with Gasteiger partial charge in [0.2, 0.25) is 0 Å². The van der Waals surface area contributed by atoms with Crippen LogP contribution in [0.15, 0.2) is 42.5 Å². The number of methoxy groups -OCH3 is 2. The second kappa shape index (κ2) is 7.62. The summed E-state index contributed by atoms with van der Waals surface area (Å²) in [7, 11) is 3.35. The van der Waals surface area contributed by atoms with E-state index in [1.165, 1.54) is 27.7 Å². The molecule has 0 radical (unpaired) electrons. The summed E-state index contributed by atoms with van der Waals surface area (Å²) in [5.41, 5.74) is 4.88. The van der Waals surface area contributed by atoms with Crippen LogP contribution in [0.3, 0.4) is 0 Å². The number of benzene rings is 2. The van der Waals surface area contributed by atoms with Crippen LogP contribution in [0.4, 0.5) is 0 Å². The van der Waals surface area contributed by atoms with Gasteiger partial charge in [-0.2, -0.15) is 0 Å². The number of aromatic amines is 1. The van der Waals surface area contributed by atoms with Crippen LogP contribution < -0.4 is 9.47 Å². The first-order chi connectivity index (χ1) is 13.2. The third kappa shape index (κ3) is 3.29. The highest BCUT2D eigenvalue weighted by molar-refractivity contribution is 5.85. The topological polar surface area (TPSA) is 46.7 Å². The lowest BCUT2D eigenvalue weighted by Crippen LogP contribution is -2.39. The van der Waals surface area contributed by atoms with E-state index in [4.69, 9.17) is 14.2 Å². The van der Waals surface area contributed by atoms with E-state index in [9.17, 15) is 0 Å². The Labute approximate surface area is 159 Å². The van der Waals surface area contributed by atoms with Gasteiger partial charge < -0.3 is 19.2 Å². The molecule has 2 heterocycles. The lowest BCUT2D eigenvalue weighted by Gasteiger charge is -2.35. The van der Waals surface area contributed by atoms with Gasteiger partial charge >= 0.3 is 0 Å². The van der Waals surface area contributed by atoms with Crippen molar-refractivity contribution >= 4 is 10.9 Å². The number of aromatic nitrogens is 1. The predicted octanol–water partition coefficient (Wildman–Crippen LogP) is 3.92. The van der Waals surface area contributed by atoms with Gasteiger partial charge in [-0.15, -0.1) is 0 Å². The first kappa shape index (κ1) is 17.9. The van der Waals surface area contributed by atoms with Crippen LogP contribution in [0.25, 0.3) is 10.9 Å². The first-order valence-corrected chi connectivity index (χ1v) is 9.34. The minimum Gasteiger partial charge on any atom is -0.493 e. The fraction of sp³-hybridized carbons (Fsp3) is 0.364. The number of nitrogens with zero attached hydrogens (tertiary/aromatic N) is 1. The zero-order valence-electron chi connectivity index (χ0n) is 16.1. The number of nitrogens with one attached hydrogen (secondary N) is 1. The van der Waals surface area contributed by atoms with Gasteiger partial charge in [0.25, 0.3) is 0 Å². The van der Waals surface area contributed by atoms with Crippen molar-refractivity contribution in [1.29, 1.82) is 0 Å². The van der Waals surface area contributed by atoms with Crippen molar-refractivity contribution in [3.05, 3.63) is 59.3 Å². The normalized spacial score (nSPS) is 16.4. The van der Waals surface area contributed by atoms with Crippen LogP contribution in [0.5, 0.6) is 11.5 Å². The standard InChI is InChI=1S/C22H26N2O3/c1-15-21(17-6-4-5-7-18(17)23-15)22(24-10-12-27-13-11-24)16-8-9-19(25-2)20(14-16)26-3/h4-9,14,22-23H,10-13H2,1-3H3/t22-/m1/s1. The molecule has 1 N–H and O–H groups in total. The molecule has 0 aliphatic carbocycles. The van der Waals surface area contributed by atoms with Crippen molar-refractivity contribution in [3.8, 4) is 11.5 Å². The largest absolute Gasteiger partial charge is 0.493 e. The fourth-order valence-corrected chi connectivity index (χ4v) is 4.07. The number of aryl methyl sites for hydroxylation is 1. The van der Waals surface area contributed by atoms with Crippen molar-refractivity contribution < 1.29 is 14.2 Å². The fourth-order valence-electron chi connectivity index (χ4n) is 4.07. The van der Waals surface area contributed by atoms with Crippen LogP contribution in [0, 0.1) is 6.92 Å². The van der Waals surface area contributed by atoms with E-state index in [2.05, 4.69) is 53.2 Å². The number of fused-ring (bicyclic) bond motifs is 1. The molecule has 0 saturated carbocycles. The highest BCUT2D eigenvalue weighted by Crippen LogP contribution is 2.39. The molecular weight excluding hydrogens is 340 g/mol. The van der Waals surface area contributed by atoms with E-state index in [1.54, 1.807) is 14.2 Å². The zero-order chi connectivity index (χ0) is 18.8. The van der Waals surface area contributed by atoms with E-state index < -0.39 is 0 Å². The summed E-state index contributed by atoms with van der Waals surface area (Å²) in [6.07, 6.45) is 0. The Hall–Kier alpha value is -2.50. The summed E-state index contributed by atoms with van der Waals surface area (Å²) in [5, 5.41) is 1.27. The SMILES string of the molecule is COc1ccc([C@H](c2c(C)[nH]c3ccccc23)N2CCOCC2)cc1OC. The number of hydrogen-bond donors (Lipinski definition) is 1. The predicted molar refractivity (Wildman–Crippen MR) is 107 cm³/mol. The zero-order valence-corrected chi connectivity index (χ0v) is 16.1. The molecule has 1 atom stereocenters. The number of hydrogen-bond acceptors (Lipinski definition) is 4. The number of morpholine rings is 1. The molecule has 142 valence electrons. The Morgan fingerprint density at radius 3 is 2.48 bits per heavy atom. The van der Waals surface area contributed by atoms with Crippen LogP contribution in [-0.4, -0.2) is 50.4 Å². The average Bonchev–Trinajstić information content (AvgIpc) is 3.05. The van der Waals surface area contributed by atoms with Crippen molar-refractivity contribution in [1.82, 2.24) is 9.88 Å². The molecule has 1 aliphatic heterocycles. The van der Waals surface area contributed by atoms with Gasteiger partial charge in [-0.05, 0) is 30.7 Å². The Morgan fingerprint density at radius 1 is 1.00 bits per heavy atom. The molecule has 0 bridgehead atoms. The molecule has 27 heavy (non-hydrogen) atoms. The van der Waals surface area contributed by atoms with Crippen LogP contribution >= 0.6 is 0 Å². The Balaban J connectivity index is 1.88. The molecule has 4 rings (SSSR count). The molecule has 1 saturated heterocycles. The van der Waals surface area contributed by atoms with Gasteiger partial charge in [0.15, 0.2) is 11.5 Å². The van der Waals surface area contributed by atoms with E-state index in [0.717, 1.165) is 37.8 Å². The molecule has 3 aromatic rings. The molecule has 0 unspecified atom stereocenters. The summed E-state index contributed by atoms with van der Waals surface area (Å²) in [4.78, 5) is 6.05. The summed E-state index contributed by atoms with van der Waals surface area (Å²) in [5.74, 6) is 1.50. The monoisotopic (exact) mass is 366 g/mol. The lowest BCUT2D eigenvalue weighted by molar-refractivity contribution is 0.0240. The maximum absolute atomic E-state index is 5.61. The molecule has 1 fully saturated rings. The number of ether oxygens (including phenoxy) is 3. The Kier molecular flexibility index (Phi) is 5.05. The Bertz CT molecular complexity index is 928. The third-order valence-corrected chi connectivity index (χ3v) is 5.35. The average molecular weight is 366 g/mol. The van der Waals surface area contributed by atoms with Crippen LogP contribution in [0.2, 0.25) is 0 Å². The van der Waals surface area contributed by atoms with Gasteiger partial charge in [0.1, 0.15) is 0 Å². The second-order valence-corrected chi connectivity index (χ2v) is 6.87. The third-order valence-electron chi connectivity index (χ3n) is 5.35. The second-order valence-electron chi connectivity index (χ2n) is 6.87. The maximum atomic E-state index is 5.61. The quantitative estimate of drug-likeness (QED) is 0.744. The maximum Gasteiger partial charge on any atom is 0.161 e. The molecule has 1 aliphatic rings. The van der Waals surface area contributed by atoms with Crippen LogP contribution in [-0.2, 0) is 4.74 Å². The molecule has 1 aromatic heterocycles. The highest BCUT2D eigenvalue weighted by Gasteiger charge is 2.29. The number of H-pyrrole nitrogens is 1. The van der Waals surface area contributed by atoms with Crippen molar-refractivity contribution in [3.63, 3.8) is 0 Å². The summed E-state index contributed by atoms with van der Waals surface area (Å²) >= 11 is 0. The van der Waals surface area contributed by atoms with Crippen molar-refractivity contribution in [2.24, 2.45) is 0 Å². The van der Waals surface area contributed by atoms with Crippen LogP contribution in [0.1, 0.15) is 22.9 Å². The first-order valence-electron chi connectivity index (χ1n) is 9.34. The molecular formula is C22H26N2O3. The molecule has 0 spiro atoms.